The average molecular weight is 299 g/mol. The number of benzene rings is 1. The van der Waals surface area contributed by atoms with E-state index < -0.39 is 11.7 Å². The number of hydrogen-bond donors (Lipinski definition) is 1. The largest absolute Gasteiger partial charge is 0.416 e. The minimum absolute atomic E-state index is 0.0627. The zero-order valence-corrected chi connectivity index (χ0v) is 11.9. The quantitative estimate of drug-likeness (QED) is 0.899. The maximum Gasteiger partial charge on any atom is 0.416 e. The molecule has 3 rings (SSSR count). The second kappa shape index (κ2) is 5.61. The third kappa shape index (κ3) is 3.77. The summed E-state index contributed by atoms with van der Waals surface area (Å²) in [6.07, 6.45) is -0.317. The number of ether oxygens (including phenoxy) is 1. The molecule has 5 heteroatoms. The number of alkyl halides is 3. The maximum absolute atomic E-state index is 12.8. The van der Waals surface area contributed by atoms with Gasteiger partial charge in [-0.15, -0.1) is 0 Å². The highest BCUT2D eigenvalue weighted by molar-refractivity contribution is 5.27. The van der Waals surface area contributed by atoms with E-state index in [2.05, 4.69) is 5.32 Å². The number of hydrogen-bond acceptors (Lipinski definition) is 2. The molecule has 0 aromatic heterocycles. The Bertz CT molecular complexity index is 491. The monoisotopic (exact) mass is 299 g/mol. The molecule has 1 aliphatic carbocycles. The van der Waals surface area contributed by atoms with Crippen LogP contribution in [0.2, 0.25) is 0 Å². The molecule has 1 aromatic carbocycles. The summed E-state index contributed by atoms with van der Waals surface area (Å²) in [6.45, 7) is 2.15. The van der Waals surface area contributed by atoms with E-state index in [1.54, 1.807) is 6.07 Å². The lowest BCUT2D eigenvalue weighted by atomic mass is 9.80. The number of rotatable bonds is 5. The Balaban J connectivity index is 1.72. The van der Waals surface area contributed by atoms with E-state index in [-0.39, 0.29) is 5.41 Å². The Morgan fingerprint density at radius 1 is 1.29 bits per heavy atom. The van der Waals surface area contributed by atoms with Gasteiger partial charge in [0, 0.05) is 24.6 Å². The Kier molecular flexibility index (Phi) is 3.97. The molecule has 0 spiro atoms. The van der Waals surface area contributed by atoms with Crippen LogP contribution in [-0.2, 0) is 17.3 Å². The molecule has 2 aliphatic rings. The summed E-state index contributed by atoms with van der Waals surface area (Å²) in [5.74, 6) is 0. The van der Waals surface area contributed by atoms with Crippen molar-refractivity contribution in [3.63, 3.8) is 0 Å². The molecule has 0 amide bonds. The van der Waals surface area contributed by atoms with Crippen LogP contribution in [0.15, 0.2) is 24.3 Å². The van der Waals surface area contributed by atoms with Crippen molar-refractivity contribution in [3.05, 3.63) is 35.4 Å². The second-order valence-electron chi connectivity index (χ2n) is 6.33. The molecule has 2 fully saturated rings. The maximum atomic E-state index is 12.8. The second-order valence-corrected chi connectivity index (χ2v) is 6.33. The minimum Gasteiger partial charge on any atom is -0.381 e. The third-order valence-corrected chi connectivity index (χ3v) is 4.36. The van der Waals surface area contributed by atoms with Crippen LogP contribution in [0.3, 0.4) is 0 Å². The Hall–Kier alpha value is -1.07. The summed E-state index contributed by atoms with van der Waals surface area (Å²) < 4.78 is 43.9. The van der Waals surface area contributed by atoms with Crippen molar-refractivity contribution in [2.75, 3.05) is 19.8 Å². The lowest BCUT2D eigenvalue weighted by Gasteiger charge is -2.28. The first-order valence-corrected chi connectivity index (χ1v) is 7.44. The molecule has 0 radical (unpaired) electrons. The smallest absolute Gasteiger partial charge is 0.381 e. The van der Waals surface area contributed by atoms with Gasteiger partial charge in [0.05, 0.1) is 12.2 Å². The van der Waals surface area contributed by atoms with Crippen LogP contribution in [0.4, 0.5) is 13.2 Å². The van der Waals surface area contributed by atoms with Gasteiger partial charge < -0.3 is 10.1 Å². The minimum atomic E-state index is -4.28. The van der Waals surface area contributed by atoms with Gasteiger partial charge in [0.15, 0.2) is 0 Å². The summed E-state index contributed by atoms with van der Waals surface area (Å²) in [5.41, 5.74) is 0.115. The molecule has 1 aliphatic heterocycles. The van der Waals surface area contributed by atoms with Crippen LogP contribution in [0, 0.1) is 5.41 Å². The van der Waals surface area contributed by atoms with Crippen molar-refractivity contribution >= 4 is 0 Å². The van der Waals surface area contributed by atoms with Gasteiger partial charge in [-0.3, -0.25) is 0 Å². The molecule has 1 unspecified atom stereocenters. The average Bonchev–Trinajstić information content (AvgIpc) is 3.16. The predicted molar refractivity (Wildman–Crippen MR) is 74.0 cm³/mol. The fourth-order valence-corrected chi connectivity index (χ4v) is 2.93. The number of nitrogens with one attached hydrogen (secondary N) is 1. The summed E-state index contributed by atoms with van der Waals surface area (Å²) in [7, 11) is 0. The van der Waals surface area contributed by atoms with E-state index in [0.717, 1.165) is 24.6 Å². The molecule has 2 nitrogen and oxygen atoms in total. The van der Waals surface area contributed by atoms with Gasteiger partial charge >= 0.3 is 6.18 Å². The Morgan fingerprint density at radius 2 is 2.10 bits per heavy atom. The summed E-state index contributed by atoms with van der Waals surface area (Å²) >= 11 is 0. The van der Waals surface area contributed by atoms with Crippen molar-refractivity contribution in [2.24, 2.45) is 5.41 Å². The molecule has 1 atom stereocenters. The summed E-state index contributed by atoms with van der Waals surface area (Å²) in [6, 6.07) is 6.28. The van der Waals surface area contributed by atoms with E-state index in [1.165, 1.54) is 25.0 Å². The summed E-state index contributed by atoms with van der Waals surface area (Å²) in [4.78, 5) is 0. The molecule has 116 valence electrons. The normalized spacial score (nSPS) is 26.2. The predicted octanol–water partition coefficient (Wildman–Crippen LogP) is 3.41. The van der Waals surface area contributed by atoms with Crippen molar-refractivity contribution < 1.29 is 17.9 Å². The highest BCUT2D eigenvalue weighted by Crippen LogP contribution is 2.35. The number of halogens is 3. The lowest BCUT2D eigenvalue weighted by Crippen LogP contribution is -2.37. The van der Waals surface area contributed by atoms with E-state index in [0.29, 0.717) is 25.7 Å². The van der Waals surface area contributed by atoms with Gasteiger partial charge in [-0.1, -0.05) is 18.2 Å². The lowest BCUT2D eigenvalue weighted by molar-refractivity contribution is -0.137. The Labute approximate surface area is 122 Å². The van der Waals surface area contributed by atoms with Gasteiger partial charge in [-0.2, -0.15) is 13.2 Å². The van der Waals surface area contributed by atoms with Gasteiger partial charge in [-0.25, -0.2) is 0 Å². The van der Waals surface area contributed by atoms with Crippen molar-refractivity contribution in [3.8, 4) is 0 Å². The highest BCUT2D eigenvalue weighted by atomic mass is 19.4. The first kappa shape index (κ1) is 14.9. The van der Waals surface area contributed by atoms with E-state index in [4.69, 9.17) is 4.74 Å². The molecule has 1 saturated heterocycles. The van der Waals surface area contributed by atoms with Gasteiger partial charge in [0.2, 0.25) is 0 Å². The van der Waals surface area contributed by atoms with Crippen LogP contribution in [0.5, 0.6) is 0 Å². The third-order valence-electron chi connectivity index (χ3n) is 4.36. The zero-order valence-electron chi connectivity index (χ0n) is 11.9. The van der Waals surface area contributed by atoms with Gasteiger partial charge in [0.1, 0.15) is 0 Å². The van der Waals surface area contributed by atoms with Gasteiger partial charge in [0.25, 0.3) is 0 Å². The van der Waals surface area contributed by atoms with Gasteiger partial charge in [-0.05, 0) is 37.3 Å². The van der Waals surface area contributed by atoms with Crippen LogP contribution in [-0.4, -0.2) is 25.8 Å². The Morgan fingerprint density at radius 3 is 2.71 bits per heavy atom. The topological polar surface area (TPSA) is 21.3 Å². The van der Waals surface area contributed by atoms with Crippen molar-refractivity contribution in [1.82, 2.24) is 5.32 Å². The van der Waals surface area contributed by atoms with Crippen LogP contribution < -0.4 is 5.32 Å². The fourth-order valence-electron chi connectivity index (χ4n) is 2.93. The first-order chi connectivity index (χ1) is 9.97. The molecule has 0 bridgehead atoms. The van der Waals surface area contributed by atoms with Crippen molar-refractivity contribution in [2.45, 2.75) is 37.9 Å². The van der Waals surface area contributed by atoms with E-state index in [9.17, 15) is 13.2 Å². The SMILES string of the molecule is FC(F)(F)c1cccc(CC2(CNC3CC3)CCOC2)c1. The summed E-state index contributed by atoms with van der Waals surface area (Å²) in [5, 5.41) is 3.50. The van der Waals surface area contributed by atoms with Crippen LogP contribution >= 0.6 is 0 Å². The molecule has 1 heterocycles. The fraction of sp³-hybridized carbons (Fsp3) is 0.625. The van der Waals surface area contributed by atoms with Crippen LogP contribution in [0.25, 0.3) is 0 Å². The molecular formula is C16H20F3NO. The first-order valence-electron chi connectivity index (χ1n) is 7.44. The van der Waals surface area contributed by atoms with Crippen LogP contribution in [0.1, 0.15) is 30.4 Å². The standard InChI is InChI=1S/C16H20F3NO/c17-16(18,19)13-3-1-2-12(8-13)9-15(6-7-21-11-15)10-20-14-4-5-14/h1-3,8,14,20H,4-7,9-11H2. The van der Waals surface area contributed by atoms with Crippen molar-refractivity contribution in [1.29, 1.82) is 0 Å². The molecule has 1 saturated carbocycles. The molecule has 21 heavy (non-hydrogen) atoms. The molecule has 1 aromatic rings. The molecular weight excluding hydrogens is 279 g/mol. The molecule has 1 N–H and O–H groups in total. The zero-order chi connectivity index (χ0) is 14.9. The van der Waals surface area contributed by atoms with E-state index in [1.807, 2.05) is 0 Å². The van der Waals surface area contributed by atoms with E-state index >= 15 is 0 Å². The highest BCUT2D eigenvalue weighted by Gasteiger charge is 2.37.